The van der Waals surface area contributed by atoms with E-state index in [1.54, 1.807) is 0 Å². The molecule has 4 N–H and O–H groups in total. The topological polar surface area (TPSA) is 70.6 Å². The summed E-state index contributed by atoms with van der Waals surface area (Å²) >= 11 is 0. The predicted molar refractivity (Wildman–Crippen MR) is 60.2 cm³/mol. The molecule has 0 amide bonds. The van der Waals surface area contributed by atoms with Gasteiger partial charge >= 0.3 is 0 Å². The van der Waals surface area contributed by atoms with Gasteiger partial charge in [-0.2, -0.15) is 0 Å². The van der Waals surface area contributed by atoms with Crippen LogP contribution < -0.4 is 11.1 Å². The average Bonchev–Trinajstić information content (AvgIpc) is 2.12. The lowest BCUT2D eigenvalue weighted by atomic mass is 10.0. The van der Waals surface area contributed by atoms with Crippen molar-refractivity contribution < 1.29 is 5.11 Å². The number of aliphatic hydroxyl groups excluding tert-OH is 1. The number of rotatable bonds is 6. The molecule has 0 aliphatic rings. The van der Waals surface area contributed by atoms with Gasteiger partial charge < -0.3 is 16.2 Å². The molecular formula is C10H23N3O. The maximum absolute atomic E-state index is 9.08. The van der Waals surface area contributed by atoms with Gasteiger partial charge in [0.2, 0.25) is 0 Å². The van der Waals surface area contributed by atoms with Crippen LogP contribution in [0.4, 0.5) is 0 Å². The van der Waals surface area contributed by atoms with Crippen LogP contribution in [0.25, 0.3) is 0 Å². The van der Waals surface area contributed by atoms with Crippen LogP contribution in [-0.4, -0.2) is 30.3 Å². The first-order valence-corrected chi connectivity index (χ1v) is 5.27. The molecule has 84 valence electrons. The van der Waals surface area contributed by atoms with Gasteiger partial charge in [-0.1, -0.05) is 20.8 Å². The van der Waals surface area contributed by atoms with E-state index >= 15 is 0 Å². The number of aliphatic hydroxyl groups is 1. The van der Waals surface area contributed by atoms with Crippen molar-refractivity contribution in [2.45, 2.75) is 39.7 Å². The smallest absolute Gasteiger partial charge is 0.188 e. The molecule has 0 saturated heterocycles. The molecule has 4 nitrogen and oxygen atoms in total. The highest BCUT2D eigenvalue weighted by Crippen LogP contribution is 2.03. The highest BCUT2D eigenvalue weighted by atomic mass is 16.3. The van der Waals surface area contributed by atoms with Gasteiger partial charge in [0.15, 0.2) is 5.96 Å². The highest BCUT2D eigenvalue weighted by molar-refractivity contribution is 5.78. The zero-order valence-electron chi connectivity index (χ0n) is 9.45. The van der Waals surface area contributed by atoms with Gasteiger partial charge in [0.25, 0.3) is 0 Å². The summed E-state index contributed by atoms with van der Waals surface area (Å²) in [6, 6.07) is 0.0237. The molecule has 14 heavy (non-hydrogen) atoms. The largest absolute Gasteiger partial charge is 0.394 e. The molecule has 0 spiro atoms. The van der Waals surface area contributed by atoms with Crippen LogP contribution in [0.3, 0.4) is 0 Å². The number of hydrogen-bond donors (Lipinski definition) is 3. The minimum absolute atomic E-state index is 0.0237. The van der Waals surface area contributed by atoms with E-state index in [4.69, 9.17) is 10.8 Å². The molecule has 0 saturated carbocycles. The summed E-state index contributed by atoms with van der Waals surface area (Å²) in [6.45, 7) is 7.11. The Balaban J connectivity index is 3.91. The average molecular weight is 201 g/mol. The van der Waals surface area contributed by atoms with Crippen molar-refractivity contribution in [3.8, 4) is 0 Å². The number of nitrogens with two attached hydrogens (primary N) is 1. The second-order valence-electron chi connectivity index (χ2n) is 3.92. The first-order chi connectivity index (χ1) is 6.60. The Bertz CT molecular complexity index is 169. The molecular weight excluding hydrogens is 178 g/mol. The molecule has 0 aliphatic heterocycles. The fourth-order valence-corrected chi connectivity index (χ4v) is 1.24. The third kappa shape index (κ3) is 6.71. The van der Waals surface area contributed by atoms with E-state index in [2.05, 4.69) is 31.1 Å². The van der Waals surface area contributed by atoms with Gasteiger partial charge in [-0.25, -0.2) is 0 Å². The van der Waals surface area contributed by atoms with Crippen LogP contribution in [-0.2, 0) is 0 Å². The van der Waals surface area contributed by atoms with Gasteiger partial charge in [0, 0.05) is 6.54 Å². The second kappa shape index (κ2) is 7.62. The third-order valence-electron chi connectivity index (χ3n) is 1.83. The van der Waals surface area contributed by atoms with Crippen LogP contribution in [0.15, 0.2) is 4.99 Å². The molecule has 0 aliphatic carbocycles. The van der Waals surface area contributed by atoms with Crippen molar-refractivity contribution in [2.24, 2.45) is 16.6 Å². The number of guanidine groups is 1. The van der Waals surface area contributed by atoms with Crippen LogP contribution in [0.5, 0.6) is 0 Å². The fourth-order valence-electron chi connectivity index (χ4n) is 1.24. The van der Waals surface area contributed by atoms with Crippen LogP contribution >= 0.6 is 0 Å². The Morgan fingerprint density at radius 2 is 2.14 bits per heavy atom. The maximum atomic E-state index is 9.08. The lowest BCUT2D eigenvalue weighted by Crippen LogP contribution is -2.42. The molecule has 0 fully saturated rings. The first kappa shape index (κ1) is 13.2. The van der Waals surface area contributed by atoms with E-state index in [1.807, 2.05) is 0 Å². The van der Waals surface area contributed by atoms with E-state index < -0.39 is 0 Å². The van der Waals surface area contributed by atoms with Crippen molar-refractivity contribution in [3.63, 3.8) is 0 Å². The van der Waals surface area contributed by atoms with Crippen molar-refractivity contribution in [1.29, 1.82) is 0 Å². The van der Waals surface area contributed by atoms with E-state index in [9.17, 15) is 0 Å². The first-order valence-electron chi connectivity index (χ1n) is 5.27. The van der Waals surface area contributed by atoms with E-state index in [-0.39, 0.29) is 12.6 Å². The highest BCUT2D eigenvalue weighted by Gasteiger charge is 2.09. The summed E-state index contributed by atoms with van der Waals surface area (Å²) in [6.07, 6.45) is 1.88. The summed E-state index contributed by atoms with van der Waals surface area (Å²) < 4.78 is 0. The van der Waals surface area contributed by atoms with Gasteiger partial charge in [0.05, 0.1) is 12.6 Å². The zero-order valence-corrected chi connectivity index (χ0v) is 9.45. The molecule has 0 heterocycles. The minimum atomic E-state index is 0.0237. The summed E-state index contributed by atoms with van der Waals surface area (Å²) in [5.74, 6) is 0.977. The van der Waals surface area contributed by atoms with Crippen LogP contribution in [0.2, 0.25) is 0 Å². The normalized spacial score (nSPS) is 14.5. The summed E-state index contributed by atoms with van der Waals surface area (Å²) in [4.78, 5) is 4.11. The number of nitrogens with zero attached hydrogens (tertiary/aromatic N) is 1. The quantitative estimate of drug-likeness (QED) is 0.438. The summed E-state index contributed by atoms with van der Waals surface area (Å²) in [5, 5.41) is 12.1. The van der Waals surface area contributed by atoms with E-state index in [0.29, 0.717) is 11.9 Å². The Kier molecular flexibility index (Phi) is 7.20. The summed E-state index contributed by atoms with van der Waals surface area (Å²) in [5.41, 5.74) is 5.64. The van der Waals surface area contributed by atoms with Gasteiger partial charge in [-0.3, -0.25) is 4.99 Å². The number of hydrogen-bond acceptors (Lipinski definition) is 2. The van der Waals surface area contributed by atoms with E-state index in [0.717, 1.165) is 19.4 Å². The minimum Gasteiger partial charge on any atom is -0.394 e. The molecule has 0 bridgehead atoms. The summed E-state index contributed by atoms with van der Waals surface area (Å²) in [7, 11) is 0. The SMILES string of the molecule is CCCN=C(N)NC(CO)CC(C)C. The van der Waals surface area contributed by atoms with Gasteiger partial charge in [-0.15, -0.1) is 0 Å². The number of nitrogens with one attached hydrogen (secondary N) is 1. The third-order valence-corrected chi connectivity index (χ3v) is 1.83. The van der Waals surface area contributed by atoms with Gasteiger partial charge in [0.1, 0.15) is 0 Å². The Morgan fingerprint density at radius 1 is 1.50 bits per heavy atom. The molecule has 0 rings (SSSR count). The Hall–Kier alpha value is -0.770. The van der Waals surface area contributed by atoms with Gasteiger partial charge in [-0.05, 0) is 18.8 Å². The van der Waals surface area contributed by atoms with Crippen molar-refractivity contribution in [2.75, 3.05) is 13.2 Å². The standard InChI is InChI=1S/C10H23N3O/c1-4-5-12-10(11)13-9(7-14)6-8(2)3/h8-9,14H,4-7H2,1-3H3,(H3,11,12,13). The van der Waals surface area contributed by atoms with Crippen LogP contribution in [0.1, 0.15) is 33.6 Å². The molecule has 0 aromatic carbocycles. The predicted octanol–water partition coefficient (Wildman–Crippen LogP) is 0.708. The zero-order chi connectivity index (χ0) is 11.0. The molecule has 0 radical (unpaired) electrons. The Morgan fingerprint density at radius 3 is 2.57 bits per heavy atom. The molecule has 0 aromatic heterocycles. The molecule has 1 atom stereocenters. The number of aliphatic imine (C=N–C) groups is 1. The van der Waals surface area contributed by atoms with Crippen molar-refractivity contribution in [3.05, 3.63) is 0 Å². The lowest BCUT2D eigenvalue weighted by molar-refractivity contribution is 0.238. The lowest BCUT2D eigenvalue weighted by Gasteiger charge is -2.18. The van der Waals surface area contributed by atoms with E-state index in [1.165, 1.54) is 0 Å². The monoisotopic (exact) mass is 201 g/mol. The molecule has 0 aromatic rings. The van der Waals surface area contributed by atoms with Crippen molar-refractivity contribution in [1.82, 2.24) is 5.32 Å². The fraction of sp³-hybridized carbons (Fsp3) is 0.900. The molecule has 4 heteroatoms. The van der Waals surface area contributed by atoms with Crippen LogP contribution in [0, 0.1) is 5.92 Å². The Labute approximate surface area is 86.6 Å². The molecule has 1 unspecified atom stereocenters. The maximum Gasteiger partial charge on any atom is 0.188 e. The van der Waals surface area contributed by atoms with Crippen molar-refractivity contribution >= 4 is 5.96 Å². The second-order valence-corrected chi connectivity index (χ2v) is 3.92.